The zero-order valence-electron chi connectivity index (χ0n) is 15.0. The third kappa shape index (κ3) is 3.54. The normalized spacial score (nSPS) is 17.0. The van der Waals surface area contributed by atoms with Gasteiger partial charge in [0, 0.05) is 31.7 Å². The number of benzene rings is 1. The molecule has 1 atom stereocenters. The molecular formula is C20H22N4O2. The molecule has 0 unspecified atom stereocenters. The van der Waals surface area contributed by atoms with Crippen molar-refractivity contribution in [3.05, 3.63) is 53.7 Å². The van der Waals surface area contributed by atoms with Crippen molar-refractivity contribution >= 4 is 22.7 Å². The van der Waals surface area contributed by atoms with Crippen LogP contribution in [0.5, 0.6) is 0 Å². The first kappa shape index (κ1) is 16.6. The summed E-state index contributed by atoms with van der Waals surface area (Å²) in [6.45, 7) is 5.55. The van der Waals surface area contributed by atoms with E-state index in [0.29, 0.717) is 12.3 Å². The topological polar surface area (TPSA) is 71.3 Å². The summed E-state index contributed by atoms with van der Waals surface area (Å²) in [6, 6.07) is 9.99. The van der Waals surface area contributed by atoms with Crippen LogP contribution in [-0.4, -0.2) is 35.0 Å². The average Bonchev–Trinajstić information content (AvgIpc) is 3.20. The van der Waals surface area contributed by atoms with E-state index >= 15 is 0 Å². The van der Waals surface area contributed by atoms with Crippen LogP contribution in [0.2, 0.25) is 0 Å². The molecule has 1 N–H and O–H groups in total. The summed E-state index contributed by atoms with van der Waals surface area (Å²) < 4.78 is 5.47. The maximum absolute atomic E-state index is 12.4. The van der Waals surface area contributed by atoms with Crippen LogP contribution in [0.15, 0.2) is 40.9 Å². The van der Waals surface area contributed by atoms with E-state index in [2.05, 4.69) is 26.3 Å². The van der Waals surface area contributed by atoms with Crippen molar-refractivity contribution in [1.29, 1.82) is 0 Å². The Morgan fingerprint density at radius 2 is 2.19 bits per heavy atom. The smallest absolute Gasteiger partial charge is 0.224 e. The number of carbonyl (C=O) groups excluding carboxylic acids is 1. The van der Waals surface area contributed by atoms with E-state index in [1.54, 1.807) is 0 Å². The fourth-order valence-corrected chi connectivity index (χ4v) is 3.42. The van der Waals surface area contributed by atoms with E-state index in [1.807, 2.05) is 44.3 Å². The van der Waals surface area contributed by atoms with Crippen molar-refractivity contribution in [3.63, 3.8) is 0 Å². The highest BCUT2D eigenvalue weighted by molar-refractivity contribution is 5.81. The van der Waals surface area contributed by atoms with Crippen LogP contribution in [0.4, 0.5) is 5.69 Å². The van der Waals surface area contributed by atoms with Gasteiger partial charge in [-0.25, -0.2) is 4.98 Å². The van der Waals surface area contributed by atoms with Crippen LogP contribution in [0.25, 0.3) is 11.1 Å². The number of hydrogen-bond donors (Lipinski definition) is 1. The fraction of sp³-hybridized carbons (Fsp3) is 0.350. The average molecular weight is 350 g/mol. The van der Waals surface area contributed by atoms with Crippen LogP contribution in [0.3, 0.4) is 0 Å². The Bertz CT molecular complexity index is 933. The highest BCUT2D eigenvalue weighted by Crippen LogP contribution is 2.20. The van der Waals surface area contributed by atoms with Gasteiger partial charge in [-0.05, 0) is 43.2 Å². The summed E-state index contributed by atoms with van der Waals surface area (Å²) in [7, 11) is 0. The van der Waals surface area contributed by atoms with E-state index in [9.17, 15) is 4.79 Å². The first-order valence-electron chi connectivity index (χ1n) is 8.90. The Balaban J connectivity index is 1.35. The van der Waals surface area contributed by atoms with Gasteiger partial charge in [0.1, 0.15) is 5.52 Å². The molecule has 0 saturated carbocycles. The first-order valence-corrected chi connectivity index (χ1v) is 8.90. The second-order valence-electron chi connectivity index (χ2n) is 6.87. The van der Waals surface area contributed by atoms with Crippen molar-refractivity contribution in [1.82, 2.24) is 15.3 Å². The molecule has 26 heavy (non-hydrogen) atoms. The molecule has 134 valence electrons. The summed E-state index contributed by atoms with van der Waals surface area (Å²) in [4.78, 5) is 23.3. The monoisotopic (exact) mass is 350 g/mol. The van der Waals surface area contributed by atoms with Crippen LogP contribution in [-0.2, 0) is 11.2 Å². The second-order valence-corrected chi connectivity index (χ2v) is 6.87. The van der Waals surface area contributed by atoms with E-state index in [4.69, 9.17) is 4.42 Å². The number of rotatable bonds is 4. The number of nitrogens with one attached hydrogen (secondary N) is 1. The number of amides is 1. The van der Waals surface area contributed by atoms with E-state index in [-0.39, 0.29) is 11.9 Å². The third-order valence-electron chi connectivity index (χ3n) is 4.74. The first-order chi connectivity index (χ1) is 12.6. The molecule has 1 fully saturated rings. The maximum atomic E-state index is 12.4. The van der Waals surface area contributed by atoms with Crippen molar-refractivity contribution < 1.29 is 9.21 Å². The molecule has 0 bridgehead atoms. The number of pyridine rings is 1. The molecule has 1 amide bonds. The van der Waals surface area contributed by atoms with Gasteiger partial charge in [0.25, 0.3) is 0 Å². The van der Waals surface area contributed by atoms with Gasteiger partial charge in [-0.2, -0.15) is 0 Å². The molecule has 4 rings (SSSR count). The van der Waals surface area contributed by atoms with E-state index in [0.717, 1.165) is 47.6 Å². The molecule has 2 aromatic heterocycles. The molecule has 3 heterocycles. The standard InChI is InChI=1S/C20H22N4O2/c1-13-3-5-17(11-21-13)24-8-7-16(12-24)23-20(25)10-15-4-6-19-18(9-15)22-14(2)26-19/h3-6,9,11,16H,7-8,10,12H2,1-2H3,(H,23,25)/t16-/m1/s1. The molecule has 1 aliphatic rings. The number of fused-ring (bicyclic) bond motifs is 1. The molecule has 0 radical (unpaired) electrons. The lowest BCUT2D eigenvalue weighted by molar-refractivity contribution is -0.121. The summed E-state index contributed by atoms with van der Waals surface area (Å²) in [6.07, 6.45) is 3.19. The summed E-state index contributed by atoms with van der Waals surface area (Å²) in [5, 5.41) is 3.15. The number of nitrogens with zero attached hydrogens (tertiary/aromatic N) is 3. The minimum absolute atomic E-state index is 0.0402. The quantitative estimate of drug-likeness (QED) is 0.783. The fourth-order valence-electron chi connectivity index (χ4n) is 3.42. The molecule has 6 heteroatoms. The van der Waals surface area contributed by atoms with Gasteiger partial charge in [-0.3, -0.25) is 9.78 Å². The predicted molar refractivity (Wildman–Crippen MR) is 100 cm³/mol. The Hall–Kier alpha value is -2.89. The molecule has 1 saturated heterocycles. The zero-order chi connectivity index (χ0) is 18.1. The molecule has 6 nitrogen and oxygen atoms in total. The van der Waals surface area contributed by atoms with Crippen molar-refractivity contribution in [3.8, 4) is 0 Å². The maximum Gasteiger partial charge on any atom is 0.224 e. The SMILES string of the molecule is Cc1ccc(N2CC[C@@H](NC(=O)Cc3ccc4oc(C)nc4c3)C2)cn1. The lowest BCUT2D eigenvalue weighted by Crippen LogP contribution is -2.38. The summed E-state index contributed by atoms with van der Waals surface area (Å²) in [5.74, 6) is 0.677. The predicted octanol–water partition coefficient (Wildman–Crippen LogP) is 2.78. The minimum Gasteiger partial charge on any atom is -0.441 e. The van der Waals surface area contributed by atoms with Gasteiger partial charge in [0.2, 0.25) is 5.91 Å². The second kappa shape index (κ2) is 6.78. The number of anilines is 1. The Labute approximate surface area is 152 Å². The molecule has 1 aliphatic heterocycles. The number of carbonyl (C=O) groups is 1. The van der Waals surface area contributed by atoms with E-state index < -0.39 is 0 Å². The van der Waals surface area contributed by atoms with Gasteiger partial charge < -0.3 is 14.6 Å². The van der Waals surface area contributed by atoms with Gasteiger partial charge in [-0.15, -0.1) is 0 Å². The van der Waals surface area contributed by atoms with Crippen molar-refractivity contribution in [2.45, 2.75) is 32.7 Å². The molecule has 3 aromatic rings. The van der Waals surface area contributed by atoms with Crippen molar-refractivity contribution in [2.24, 2.45) is 0 Å². The van der Waals surface area contributed by atoms with Gasteiger partial charge in [0.05, 0.1) is 18.3 Å². The van der Waals surface area contributed by atoms with Crippen LogP contribution < -0.4 is 10.2 Å². The Morgan fingerprint density at radius 3 is 3.00 bits per heavy atom. The third-order valence-corrected chi connectivity index (χ3v) is 4.74. The van der Waals surface area contributed by atoms with E-state index in [1.165, 1.54) is 0 Å². The lowest BCUT2D eigenvalue weighted by Gasteiger charge is -2.18. The molecular weight excluding hydrogens is 328 g/mol. The summed E-state index contributed by atoms with van der Waals surface area (Å²) in [5.41, 5.74) is 4.62. The zero-order valence-corrected chi connectivity index (χ0v) is 15.0. The largest absolute Gasteiger partial charge is 0.441 e. The highest BCUT2D eigenvalue weighted by Gasteiger charge is 2.24. The number of aryl methyl sites for hydroxylation is 2. The number of oxazole rings is 1. The highest BCUT2D eigenvalue weighted by atomic mass is 16.3. The van der Waals surface area contributed by atoms with Crippen LogP contribution in [0, 0.1) is 13.8 Å². The number of hydrogen-bond acceptors (Lipinski definition) is 5. The minimum atomic E-state index is 0.0402. The Morgan fingerprint density at radius 1 is 1.31 bits per heavy atom. The molecule has 0 spiro atoms. The van der Waals surface area contributed by atoms with Crippen molar-refractivity contribution in [2.75, 3.05) is 18.0 Å². The number of aromatic nitrogens is 2. The Kier molecular flexibility index (Phi) is 4.32. The lowest BCUT2D eigenvalue weighted by atomic mass is 10.1. The molecule has 0 aliphatic carbocycles. The summed E-state index contributed by atoms with van der Waals surface area (Å²) >= 11 is 0. The molecule has 1 aromatic carbocycles. The van der Waals surface area contributed by atoms with Crippen LogP contribution in [0.1, 0.15) is 23.6 Å². The van der Waals surface area contributed by atoms with Gasteiger partial charge in [0.15, 0.2) is 11.5 Å². The van der Waals surface area contributed by atoms with Gasteiger partial charge in [-0.1, -0.05) is 6.07 Å². The van der Waals surface area contributed by atoms with Gasteiger partial charge >= 0.3 is 0 Å². The van der Waals surface area contributed by atoms with Crippen LogP contribution >= 0.6 is 0 Å².